The number of rotatable bonds is 2. The van der Waals surface area contributed by atoms with Crippen molar-refractivity contribution in [3.8, 4) is 0 Å². The van der Waals surface area contributed by atoms with Gasteiger partial charge in [0.2, 0.25) is 0 Å². The molecule has 0 atom stereocenters. The molecular formula is C19H22N2O. The minimum atomic E-state index is 0.143. The molecule has 1 amide bonds. The molecular weight excluding hydrogens is 272 g/mol. The zero-order valence-corrected chi connectivity index (χ0v) is 13.2. The number of benzene rings is 2. The van der Waals surface area contributed by atoms with Gasteiger partial charge in [0.1, 0.15) is 0 Å². The maximum atomic E-state index is 12.5. The first-order valence-corrected chi connectivity index (χ1v) is 7.81. The van der Waals surface area contributed by atoms with Crippen molar-refractivity contribution in [2.45, 2.75) is 13.8 Å². The fourth-order valence-corrected chi connectivity index (χ4v) is 2.95. The number of nitrogens with zero attached hydrogens (tertiary/aromatic N) is 2. The Morgan fingerprint density at radius 2 is 1.50 bits per heavy atom. The van der Waals surface area contributed by atoms with Crippen molar-refractivity contribution in [3.63, 3.8) is 0 Å². The van der Waals surface area contributed by atoms with Gasteiger partial charge in [0.25, 0.3) is 5.91 Å². The standard InChI is InChI=1S/C19H22N2O/c1-15-7-9-17(10-8-15)19(22)21-13-11-20(12-14-21)18-6-4-3-5-16(18)2/h3-10H,11-14H2,1-2H3. The molecule has 1 saturated heterocycles. The molecule has 0 bridgehead atoms. The Balaban J connectivity index is 1.65. The zero-order valence-electron chi connectivity index (χ0n) is 13.2. The highest BCUT2D eigenvalue weighted by molar-refractivity contribution is 5.94. The number of piperazine rings is 1. The van der Waals surface area contributed by atoms with E-state index < -0.39 is 0 Å². The SMILES string of the molecule is Cc1ccc(C(=O)N2CCN(c3ccccc3C)CC2)cc1. The summed E-state index contributed by atoms with van der Waals surface area (Å²) >= 11 is 0. The topological polar surface area (TPSA) is 23.6 Å². The lowest BCUT2D eigenvalue weighted by molar-refractivity contribution is 0.0747. The van der Waals surface area contributed by atoms with E-state index in [9.17, 15) is 4.79 Å². The summed E-state index contributed by atoms with van der Waals surface area (Å²) in [4.78, 5) is 16.9. The van der Waals surface area contributed by atoms with Gasteiger partial charge in [-0.15, -0.1) is 0 Å². The number of carbonyl (C=O) groups is 1. The molecule has 2 aromatic carbocycles. The summed E-state index contributed by atoms with van der Waals surface area (Å²) in [5.41, 5.74) is 4.54. The van der Waals surface area contributed by atoms with Crippen LogP contribution in [0.5, 0.6) is 0 Å². The van der Waals surface area contributed by atoms with Crippen LogP contribution in [-0.2, 0) is 0 Å². The van der Waals surface area contributed by atoms with Crippen LogP contribution >= 0.6 is 0 Å². The van der Waals surface area contributed by atoms with Crippen LogP contribution in [0.25, 0.3) is 0 Å². The van der Waals surface area contributed by atoms with Gasteiger partial charge in [-0.2, -0.15) is 0 Å². The van der Waals surface area contributed by atoms with Crippen molar-refractivity contribution < 1.29 is 4.79 Å². The molecule has 3 rings (SSSR count). The molecule has 2 aromatic rings. The van der Waals surface area contributed by atoms with Crippen LogP contribution in [-0.4, -0.2) is 37.0 Å². The van der Waals surface area contributed by atoms with Gasteiger partial charge < -0.3 is 9.80 Å². The largest absolute Gasteiger partial charge is 0.368 e. The second kappa shape index (κ2) is 6.22. The number of para-hydroxylation sites is 1. The minimum absolute atomic E-state index is 0.143. The van der Waals surface area contributed by atoms with Crippen LogP contribution in [0.4, 0.5) is 5.69 Å². The van der Waals surface area contributed by atoms with Crippen LogP contribution in [0.15, 0.2) is 48.5 Å². The molecule has 0 unspecified atom stereocenters. The maximum Gasteiger partial charge on any atom is 0.253 e. The summed E-state index contributed by atoms with van der Waals surface area (Å²) in [7, 11) is 0. The van der Waals surface area contributed by atoms with Crippen LogP contribution in [0.2, 0.25) is 0 Å². The van der Waals surface area contributed by atoms with Gasteiger partial charge in [-0.25, -0.2) is 0 Å². The van der Waals surface area contributed by atoms with Gasteiger partial charge in [0.15, 0.2) is 0 Å². The molecule has 1 aliphatic rings. The number of anilines is 1. The Morgan fingerprint density at radius 1 is 0.864 bits per heavy atom. The van der Waals surface area contributed by atoms with Gasteiger partial charge in [0, 0.05) is 37.4 Å². The lowest BCUT2D eigenvalue weighted by Crippen LogP contribution is -2.49. The highest BCUT2D eigenvalue weighted by atomic mass is 16.2. The minimum Gasteiger partial charge on any atom is -0.368 e. The van der Waals surface area contributed by atoms with Crippen LogP contribution in [0.3, 0.4) is 0 Å². The number of hydrogen-bond donors (Lipinski definition) is 0. The number of carbonyl (C=O) groups excluding carboxylic acids is 1. The average molecular weight is 294 g/mol. The number of aryl methyl sites for hydroxylation is 2. The molecule has 0 aliphatic carbocycles. The van der Waals surface area contributed by atoms with Crippen molar-refractivity contribution in [3.05, 3.63) is 65.2 Å². The molecule has 1 fully saturated rings. The third-order valence-electron chi connectivity index (χ3n) is 4.32. The van der Waals surface area contributed by atoms with Gasteiger partial charge in [-0.05, 0) is 37.6 Å². The van der Waals surface area contributed by atoms with Crippen LogP contribution in [0, 0.1) is 13.8 Å². The van der Waals surface area contributed by atoms with Crippen LogP contribution in [0.1, 0.15) is 21.5 Å². The van der Waals surface area contributed by atoms with E-state index in [2.05, 4.69) is 36.1 Å². The molecule has 3 heteroatoms. The van der Waals surface area contributed by atoms with Crippen molar-refractivity contribution in [1.82, 2.24) is 4.90 Å². The monoisotopic (exact) mass is 294 g/mol. The molecule has 0 radical (unpaired) electrons. The first-order valence-electron chi connectivity index (χ1n) is 7.81. The maximum absolute atomic E-state index is 12.5. The first kappa shape index (κ1) is 14.6. The molecule has 0 saturated carbocycles. The van der Waals surface area contributed by atoms with E-state index >= 15 is 0 Å². The summed E-state index contributed by atoms with van der Waals surface area (Å²) in [6.07, 6.45) is 0. The third-order valence-corrected chi connectivity index (χ3v) is 4.32. The molecule has 0 N–H and O–H groups in total. The van der Waals surface area contributed by atoms with Crippen molar-refractivity contribution in [1.29, 1.82) is 0 Å². The summed E-state index contributed by atoms with van der Waals surface area (Å²) in [6.45, 7) is 7.52. The van der Waals surface area contributed by atoms with E-state index in [4.69, 9.17) is 0 Å². The summed E-state index contributed by atoms with van der Waals surface area (Å²) in [5.74, 6) is 0.143. The Hall–Kier alpha value is -2.29. The second-order valence-electron chi connectivity index (χ2n) is 5.93. The van der Waals surface area contributed by atoms with Gasteiger partial charge in [-0.1, -0.05) is 35.9 Å². The lowest BCUT2D eigenvalue weighted by atomic mass is 10.1. The van der Waals surface area contributed by atoms with Gasteiger partial charge >= 0.3 is 0 Å². The fraction of sp³-hybridized carbons (Fsp3) is 0.316. The second-order valence-corrected chi connectivity index (χ2v) is 5.93. The van der Waals surface area contributed by atoms with Gasteiger partial charge in [-0.3, -0.25) is 4.79 Å². The van der Waals surface area contributed by atoms with E-state index in [0.29, 0.717) is 0 Å². The number of hydrogen-bond acceptors (Lipinski definition) is 2. The first-order chi connectivity index (χ1) is 10.6. The Morgan fingerprint density at radius 3 is 2.14 bits per heavy atom. The fourth-order valence-electron chi connectivity index (χ4n) is 2.95. The molecule has 1 aliphatic heterocycles. The van der Waals surface area contributed by atoms with E-state index in [1.54, 1.807) is 0 Å². The van der Waals surface area contributed by atoms with Crippen molar-refractivity contribution >= 4 is 11.6 Å². The number of amides is 1. The molecule has 0 spiro atoms. The van der Waals surface area contributed by atoms with E-state index in [1.807, 2.05) is 36.1 Å². The smallest absolute Gasteiger partial charge is 0.253 e. The van der Waals surface area contributed by atoms with Crippen molar-refractivity contribution in [2.24, 2.45) is 0 Å². The van der Waals surface area contributed by atoms with Crippen molar-refractivity contribution in [2.75, 3.05) is 31.1 Å². The van der Waals surface area contributed by atoms with Gasteiger partial charge in [0.05, 0.1) is 0 Å². The normalized spacial score (nSPS) is 15.0. The molecule has 1 heterocycles. The third kappa shape index (κ3) is 2.98. The molecule has 3 nitrogen and oxygen atoms in total. The summed E-state index contributed by atoms with van der Waals surface area (Å²) < 4.78 is 0. The molecule has 22 heavy (non-hydrogen) atoms. The highest BCUT2D eigenvalue weighted by Crippen LogP contribution is 2.21. The molecule has 0 aromatic heterocycles. The van der Waals surface area contributed by atoms with Crippen LogP contribution < -0.4 is 4.90 Å². The average Bonchev–Trinajstić information content (AvgIpc) is 2.56. The Labute approximate surface area is 132 Å². The Kier molecular flexibility index (Phi) is 4.14. The lowest BCUT2D eigenvalue weighted by Gasteiger charge is -2.36. The highest BCUT2D eigenvalue weighted by Gasteiger charge is 2.22. The van der Waals surface area contributed by atoms with E-state index in [1.165, 1.54) is 16.8 Å². The molecule has 114 valence electrons. The quantitative estimate of drug-likeness (QED) is 0.848. The van der Waals surface area contributed by atoms with E-state index in [-0.39, 0.29) is 5.91 Å². The Bertz CT molecular complexity index is 655. The summed E-state index contributed by atoms with van der Waals surface area (Å²) in [5, 5.41) is 0. The predicted molar refractivity (Wildman–Crippen MR) is 90.5 cm³/mol. The predicted octanol–water partition coefficient (Wildman–Crippen LogP) is 3.27. The van der Waals surface area contributed by atoms with E-state index in [0.717, 1.165) is 31.7 Å². The summed E-state index contributed by atoms with van der Waals surface area (Å²) in [6, 6.07) is 16.3. The zero-order chi connectivity index (χ0) is 15.5.